The van der Waals surface area contributed by atoms with E-state index in [1.807, 2.05) is 0 Å². The van der Waals surface area contributed by atoms with E-state index in [4.69, 9.17) is 0 Å². The third-order valence-corrected chi connectivity index (χ3v) is 0. The Balaban J connectivity index is 0. The Morgan fingerprint density at radius 1 is 0.333 bits per heavy atom. The van der Waals surface area contributed by atoms with Crippen molar-refractivity contribution in [2.45, 2.75) is 0 Å². The first kappa shape index (κ1) is 99.0. The van der Waals surface area contributed by atoms with Gasteiger partial charge in [-0.15, -0.1) is 0 Å². The van der Waals surface area contributed by atoms with Crippen molar-refractivity contribution in [2.75, 3.05) is 0 Å². The zero-order valence-electron chi connectivity index (χ0n) is 2.30. The van der Waals surface area contributed by atoms with Crippen LogP contribution in [0.4, 0.5) is 0 Å². The molecule has 0 aromatic rings. The molecule has 0 unspecified atom stereocenters. The van der Waals surface area contributed by atoms with E-state index in [2.05, 4.69) is 0 Å². The zero-order valence-corrected chi connectivity index (χ0v) is 7.35. The molecule has 0 aromatic heterocycles. The van der Waals surface area contributed by atoms with Crippen LogP contribution >= 0.6 is 0 Å². The molecule has 0 bridgehead atoms. The minimum absolute atomic E-state index is 0. The van der Waals surface area contributed by atoms with E-state index in [1.54, 1.807) is 0 Å². The minimum atomic E-state index is 0. The van der Waals surface area contributed by atoms with Crippen molar-refractivity contribution in [1.82, 2.24) is 0 Å². The van der Waals surface area contributed by atoms with Gasteiger partial charge in [-0.1, -0.05) is 0 Å². The van der Waals surface area contributed by atoms with Crippen LogP contribution < -0.4 is 62.0 Å². The summed E-state index contributed by atoms with van der Waals surface area (Å²) in [5.74, 6) is 0. The van der Waals surface area contributed by atoms with Crippen LogP contribution in [-0.2, 0) is 17.4 Å². The predicted molar refractivity (Wildman–Crippen MR) is 0 cm³/mol. The molecule has 0 nitrogen and oxygen atoms in total. The minimum Gasteiger partial charge on any atom is -1.00 e. The molecule has 0 radical (unpaired) electrons. The van der Waals surface area contributed by atoms with Crippen molar-refractivity contribution in [3.63, 3.8) is 0 Å². The molecule has 0 aliphatic rings. The van der Waals surface area contributed by atoms with Gasteiger partial charge in [0.2, 0.25) is 0 Å². The van der Waals surface area contributed by atoms with Gasteiger partial charge in [0.15, 0.2) is 0 Å². The monoisotopic (exact) mass is 227 g/mol. The van der Waals surface area contributed by atoms with Gasteiger partial charge in [-0.05, 0) is 0 Å². The number of halogens is 5. The maximum atomic E-state index is 0. The first-order valence-electron chi connectivity index (χ1n) is 0. The van der Waals surface area contributed by atoms with Crippen molar-refractivity contribution in [3.05, 3.63) is 0 Å². The van der Waals surface area contributed by atoms with Crippen LogP contribution in [0.5, 0.6) is 0 Å². The Hall–Kier alpha value is 1.98. The maximum Gasteiger partial charge on any atom is 2.00 e. The molecule has 0 aliphatic heterocycles. The van der Waals surface area contributed by atoms with Crippen LogP contribution in [0.2, 0.25) is 0 Å². The zero-order chi connectivity index (χ0) is 0. The first-order valence-corrected chi connectivity index (χ1v) is 0. The largest absolute Gasteiger partial charge is 2.00 e. The Morgan fingerprint density at radius 3 is 0.333 bits per heavy atom. The third-order valence-electron chi connectivity index (χ3n) is 0. The summed E-state index contributed by atoms with van der Waals surface area (Å²) in [5.41, 5.74) is 0. The molecule has 0 aromatic carbocycles. The van der Waals surface area contributed by atoms with E-state index >= 15 is 0 Å². The molecule has 44 valence electrons. The molecule has 0 rings (SSSR count). The van der Waals surface area contributed by atoms with Crippen LogP contribution in [0, 0.1) is 0 Å². The molecule has 0 spiro atoms. The maximum absolute atomic E-state index is 0. The van der Waals surface area contributed by atoms with Gasteiger partial charge in [0.1, 0.15) is 0 Å². The van der Waals surface area contributed by atoms with Crippen LogP contribution in [0.15, 0.2) is 0 Å². The average Bonchev–Trinajstić information content (AvgIpc) is 0. The van der Waals surface area contributed by atoms with Crippen molar-refractivity contribution >= 4 is 0 Å². The molecule has 0 aliphatic carbocycles. The topological polar surface area (TPSA) is 0 Å². The number of rotatable bonds is 0. The molecule has 0 atom stereocenters. The van der Waals surface area contributed by atoms with Crippen molar-refractivity contribution in [3.8, 4) is 0 Å². The molecule has 0 fully saturated rings. The van der Waals surface area contributed by atoms with Crippen LogP contribution in [0.3, 0.4) is 0 Å². The molecule has 6 heavy (non-hydrogen) atoms. The Bertz CT molecular complexity index is 3.90. The summed E-state index contributed by atoms with van der Waals surface area (Å²) in [7, 11) is 0. The molecule has 0 saturated carbocycles. The molecule has 6 heteroatoms. The molecule has 0 amide bonds. The molecule has 0 saturated heterocycles. The second kappa shape index (κ2) is 63.6. The summed E-state index contributed by atoms with van der Waals surface area (Å²) in [6, 6.07) is 0. The van der Waals surface area contributed by atoms with Gasteiger partial charge in [-0.2, -0.15) is 0 Å². The van der Waals surface area contributed by atoms with Crippen LogP contribution in [0.1, 0.15) is 0 Å². The normalized spacial score (nSPS) is 0. The second-order valence-corrected chi connectivity index (χ2v) is 0. The van der Waals surface area contributed by atoms with Crippen molar-refractivity contribution in [2.24, 2.45) is 0 Å². The van der Waals surface area contributed by atoms with Gasteiger partial charge in [-0.25, -0.2) is 0 Å². The Morgan fingerprint density at radius 2 is 0.333 bits per heavy atom. The van der Waals surface area contributed by atoms with E-state index in [1.165, 1.54) is 0 Å². The molecule has 0 N–H and O–H groups in total. The van der Waals surface area contributed by atoms with Gasteiger partial charge in [0.25, 0.3) is 0 Å². The van der Waals surface area contributed by atoms with E-state index < -0.39 is 0 Å². The number of hydrogen-bond acceptors (Lipinski definition) is 0. The van der Waals surface area contributed by atoms with Gasteiger partial charge in [0.05, 0.1) is 0 Å². The quantitative estimate of drug-likeness (QED) is 0.387. The summed E-state index contributed by atoms with van der Waals surface area (Å²) < 4.78 is 0. The van der Waals surface area contributed by atoms with Crippen LogP contribution in [-0.4, -0.2) is 0 Å². The number of hydrogen-bond donors (Lipinski definition) is 0. The van der Waals surface area contributed by atoms with Crippen molar-refractivity contribution < 1.29 is 79.4 Å². The summed E-state index contributed by atoms with van der Waals surface area (Å²) >= 11 is 0. The third kappa shape index (κ3) is 37.8. The van der Waals surface area contributed by atoms with Gasteiger partial charge in [0, 0.05) is 0 Å². The predicted octanol–water partition coefficient (Wildman–Crippen LogP) is -15.0. The molecular formula is Cl5Cr-3. The summed E-state index contributed by atoms with van der Waals surface area (Å²) in [6.07, 6.45) is 0. The first-order chi connectivity index (χ1) is 0. The Kier molecular flexibility index (Phi) is 1050. The van der Waals surface area contributed by atoms with Crippen LogP contribution in [0.25, 0.3) is 0 Å². The van der Waals surface area contributed by atoms with E-state index in [-0.39, 0.29) is 79.4 Å². The van der Waals surface area contributed by atoms with E-state index in [9.17, 15) is 0 Å². The van der Waals surface area contributed by atoms with Gasteiger partial charge < -0.3 is 62.0 Å². The Labute approximate surface area is 79.0 Å². The standard InChI is InChI=1S/5ClH.Cr/h5*1H;/q;;;;;+2/p-5. The second-order valence-electron chi connectivity index (χ2n) is 0. The molecular weight excluding hydrogens is 229 g/mol. The van der Waals surface area contributed by atoms with Crippen molar-refractivity contribution in [1.29, 1.82) is 0 Å². The van der Waals surface area contributed by atoms with E-state index in [0.29, 0.717) is 0 Å². The SMILES string of the molecule is [Cl-].[Cl-].[Cl-].[Cl-].[Cl-].[Cr+2]. The van der Waals surface area contributed by atoms with E-state index in [0.717, 1.165) is 0 Å². The summed E-state index contributed by atoms with van der Waals surface area (Å²) in [4.78, 5) is 0. The van der Waals surface area contributed by atoms with Gasteiger partial charge in [-0.3, -0.25) is 0 Å². The average molecular weight is 229 g/mol. The summed E-state index contributed by atoms with van der Waals surface area (Å²) in [6.45, 7) is 0. The molecule has 0 heterocycles. The fraction of sp³-hybridized carbons (Fsp3) is 0. The van der Waals surface area contributed by atoms with Gasteiger partial charge >= 0.3 is 17.4 Å². The fourth-order valence-corrected chi connectivity index (χ4v) is 0. The smallest absolute Gasteiger partial charge is 1.00 e. The summed E-state index contributed by atoms with van der Waals surface area (Å²) in [5, 5.41) is 0. The fourth-order valence-electron chi connectivity index (χ4n) is 0.